The van der Waals surface area contributed by atoms with Crippen LogP contribution in [0.5, 0.6) is 5.75 Å². The number of benzene rings is 5. The molecular weight excluding hydrogens is 697 g/mol. The molecule has 0 fully saturated rings. The van der Waals surface area contributed by atoms with E-state index in [1.165, 1.54) is 13.3 Å². The lowest BCUT2D eigenvalue weighted by Crippen LogP contribution is -2.25. The van der Waals surface area contributed by atoms with Crippen molar-refractivity contribution in [1.29, 1.82) is 0 Å². The predicted molar refractivity (Wildman–Crippen MR) is 229 cm³/mol. The highest BCUT2D eigenvalue weighted by Crippen LogP contribution is 2.39. The summed E-state index contributed by atoms with van der Waals surface area (Å²) >= 11 is 0. The number of rotatable bonds is 16. The summed E-state index contributed by atoms with van der Waals surface area (Å²) in [5.41, 5.74) is 8.28. The fraction of sp³-hybridized carbons (Fsp3) is 0.367. The molecular formula is C49H56N2O5. The van der Waals surface area contributed by atoms with Gasteiger partial charge in [0.05, 0.1) is 17.7 Å². The number of hydrogen-bond donors (Lipinski definition) is 0. The van der Waals surface area contributed by atoms with Crippen molar-refractivity contribution in [1.82, 2.24) is 4.57 Å². The molecule has 5 aromatic carbocycles. The Morgan fingerprint density at radius 1 is 0.821 bits per heavy atom. The maximum absolute atomic E-state index is 14.8. The van der Waals surface area contributed by atoms with Gasteiger partial charge in [0.2, 0.25) is 0 Å². The molecule has 0 amide bonds. The Morgan fingerprint density at radius 3 is 2.20 bits per heavy atom. The lowest BCUT2D eigenvalue weighted by Gasteiger charge is -2.23. The number of aryl methyl sites for hydroxylation is 3. The summed E-state index contributed by atoms with van der Waals surface area (Å²) in [7, 11) is 1.70. The van der Waals surface area contributed by atoms with Crippen molar-refractivity contribution < 1.29 is 23.9 Å². The van der Waals surface area contributed by atoms with Crippen LogP contribution >= 0.6 is 0 Å². The van der Waals surface area contributed by atoms with Gasteiger partial charge in [0.25, 0.3) is 0 Å². The van der Waals surface area contributed by atoms with Crippen molar-refractivity contribution in [3.05, 3.63) is 124 Å². The van der Waals surface area contributed by atoms with Crippen LogP contribution in [0.2, 0.25) is 0 Å². The average Bonchev–Trinajstić information content (AvgIpc) is 3.48. The van der Waals surface area contributed by atoms with E-state index in [0.717, 1.165) is 86.2 Å². The molecule has 56 heavy (non-hydrogen) atoms. The van der Waals surface area contributed by atoms with E-state index in [0.29, 0.717) is 41.5 Å². The molecule has 0 bridgehead atoms. The maximum Gasteiger partial charge on any atom is 0.332 e. The van der Waals surface area contributed by atoms with Crippen LogP contribution in [-0.2, 0) is 20.9 Å². The summed E-state index contributed by atoms with van der Waals surface area (Å²) in [6, 6.07) is 28.6. The summed E-state index contributed by atoms with van der Waals surface area (Å²) < 4.78 is 14.4. The van der Waals surface area contributed by atoms with Gasteiger partial charge in [-0.3, -0.25) is 4.79 Å². The molecule has 0 aliphatic heterocycles. The second-order valence-corrected chi connectivity index (χ2v) is 15.8. The zero-order valence-corrected chi connectivity index (χ0v) is 34.5. The number of hydrogen-bond acceptors (Lipinski definition) is 6. The Balaban J connectivity index is 1.61. The van der Waals surface area contributed by atoms with Crippen molar-refractivity contribution in [3.8, 4) is 5.75 Å². The molecule has 6 aromatic rings. The molecule has 6 rings (SSSR count). The van der Waals surface area contributed by atoms with Gasteiger partial charge >= 0.3 is 5.97 Å². The first kappa shape index (κ1) is 40.4. The number of carbonyl (C=O) groups excluding carboxylic acids is 2. The highest BCUT2D eigenvalue weighted by molar-refractivity contribution is 6.27. The van der Waals surface area contributed by atoms with Crippen molar-refractivity contribution >= 4 is 50.0 Å². The largest absolute Gasteiger partial charge is 0.493 e. The zero-order chi connectivity index (χ0) is 40.1. The van der Waals surface area contributed by atoms with Crippen LogP contribution in [0.25, 0.3) is 32.6 Å². The van der Waals surface area contributed by atoms with Gasteiger partial charge < -0.3 is 18.9 Å². The quantitative estimate of drug-likeness (QED) is 0.0426. The fourth-order valence-corrected chi connectivity index (χ4v) is 8.00. The zero-order valence-electron chi connectivity index (χ0n) is 34.5. The topological polar surface area (TPSA) is 79.1 Å². The molecule has 292 valence electrons. The SMILES string of the molecule is CCCCC(CC)Cn1c2ccc(C(=NOC(C)=O)c3ccccc3OCCC(C)(C)OC)cc2c2cc(C(=O)c3c(C)cc(C)cc3C)c3ccccc3c21. The highest BCUT2D eigenvalue weighted by atomic mass is 16.7. The number of carbonyl (C=O) groups is 2. The summed E-state index contributed by atoms with van der Waals surface area (Å²) in [5, 5.41) is 8.43. The molecule has 0 aliphatic rings. The minimum atomic E-state index is -0.519. The molecule has 1 unspecified atom stereocenters. The molecule has 0 N–H and O–H groups in total. The molecule has 0 aliphatic carbocycles. The van der Waals surface area contributed by atoms with Crippen molar-refractivity contribution in [3.63, 3.8) is 0 Å². The average molecular weight is 753 g/mol. The standard InChI is InChI=1S/C49H56N2O5/c1-10-12-17-35(11-2)30-51-43-23-22-36(46(50-56-34(6)52)39-20-15-16-21-44(39)55-25-24-49(7,8)54-9)28-40(43)41-29-42(37-18-13-14-19-38(37)47(41)51)48(53)45-32(4)26-31(3)27-33(45)5/h13-16,18-23,26-29,35H,10-12,17,24-25,30H2,1-9H3. The van der Waals surface area contributed by atoms with E-state index in [1.54, 1.807) is 7.11 Å². The van der Waals surface area contributed by atoms with Crippen molar-refractivity contribution in [2.24, 2.45) is 11.1 Å². The second kappa shape index (κ2) is 17.3. The van der Waals surface area contributed by atoms with E-state index in [-0.39, 0.29) is 11.4 Å². The van der Waals surface area contributed by atoms with E-state index in [1.807, 2.05) is 64.1 Å². The lowest BCUT2D eigenvalue weighted by atomic mass is 9.89. The summed E-state index contributed by atoms with van der Waals surface area (Å²) in [5.74, 6) is 0.607. The third-order valence-corrected chi connectivity index (χ3v) is 11.2. The molecule has 0 saturated heterocycles. The van der Waals surface area contributed by atoms with Gasteiger partial charge in [0, 0.05) is 70.9 Å². The van der Waals surface area contributed by atoms with Gasteiger partial charge in [-0.15, -0.1) is 0 Å². The molecule has 1 atom stereocenters. The number of nitrogens with zero attached hydrogens (tertiary/aromatic N) is 2. The Hall–Kier alpha value is -5.27. The monoisotopic (exact) mass is 752 g/mol. The van der Waals surface area contributed by atoms with Gasteiger partial charge in [-0.05, 0) is 93.8 Å². The number of oxime groups is 1. The fourth-order valence-electron chi connectivity index (χ4n) is 8.00. The Kier molecular flexibility index (Phi) is 12.4. The molecule has 1 aromatic heterocycles. The molecule has 0 radical (unpaired) electrons. The summed E-state index contributed by atoms with van der Waals surface area (Å²) in [6.45, 7) is 17.3. The molecule has 1 heterocycles. The van der Waals surface area contributed by atoms with Gasteiger partial charge in [-0.1, -0.05) is 98.4 Å². The number of para-hydroxylation sites is 1. The van der Waals surface area contributed by atoms with E-state index in [9.17, 15) is 9.59 Å². The molecule has 7 nitrogen and oxygen atoms in total. The number of methoxy groups -OCH3 is 1. The predicted octanol–water partition coefficient (Wildman–Crippen LogP) is 11.8. The smallest absolute Gasteiger partial charge is 0.332 e. The Labute approximate surface area is 331 Å². The van der Waals surface area contributed by atoms with E-state index in [4.69, 9.17) is 14.3 Å². The summed E-state index contributed by atoms with van der Waals surface area (Å²) in [6.07, 6.45) is 5.21. The Morgan fingerprint density at radius 2 is 1.52 bits per heavy atom. The first-order chi connectivity index (χ1) is 26.9. The summed E-state index contributed by atoms with van der Waals surface area (Å²) in [4.78, 5) is 32.3. The number of ketones is 1. The maximum atomic E-state index is 14.8. The van der Waals surface area contributed by atoms with Crippen molar-refractivity contribution in [2.45, 2.75) is 99.6 Å². The first-order valence-corrected chi connectivity index (χ1v) is 20.0. The van der Waals surface area contributed by atoms with Crippen LogP contribution < -0.4 is 4.74 Å². The molecule has 0 saturated carbocycles. The van der Waals surface area contributed by atoms with Crippen molar-refractivity contribution in [2.75, 3.05) is 13.7 Å². The normalized spacial score (nSPS) is 12.8. The third kappa shape index (κ3) is 8.43. The van der Waals surface area contributed by atoms with Crippen LogP contribution in [0.4, 0.5) is 0 Å². The molecule has 7 heteroatoms. The van der Waals surface area contributed by atoms with Crippen LogP contribution in [0.15, 0.2) is 90.1 Å². The second-order valence-electron chi connectivity index (χ2n) is 15.8. The van der Waals surface area contributed by atoms with Gasteiger partial charge in [0.1, 0.15) is 11.5 Å². The number of aromatic nitrogens is 1. The number of fused-ring (bicyclic) bond motifs is 5. The minimum Gasteiger partial charge on any atom is -0.493 e. The molecule has 0 spiro atoms. The Bertz CT molecular complexity index is 2410. The number of ether oxygens (including phenoxy) is 2. The minimum absolute atomic E-state index is 0.0179. The van der Waals surface area contributed by atoms with Crippen LogP contribution in [0.1, 0.15) is 110 Å². The lowest BCUT2D eigenvalue weighted by molar-refractivity contribution is -0.140. The van der Waals surface area contributed by atoms with Crippen LogP contribution in [0.3, 0.4) is 0 Å². The van der Waals surface area contributed by atoms with Gasteiger partial charge in [0.15, 0.2) is 5.78 Å². The first-order valence-electron chi connectivity index (χ1n) is 20.0. The van der Waals surface area contributed by atoms with Crippen LogP contribution in [-0.4, -0.2) is 41.3 Å². The van der Waals surface area contributed by atoms with Crippen LogP contribution in [0, 0.1) is 26.7 Å². The van der Waals surface area contributed by atoms with E-state index < -0.39 is 5.97 Å². The third-order valence-electron chi connectivity index (χ3n) is 11.2. The van der Waals surface area contributed by atoms with E-state index >= 15 is 0 Å². The number of unbranched alkanes of at least 4 members (excludes halogenated alkanes) is 1. The van der Waals surface area contributed by atoms with Gasteiger partial charge in [-0.2, -0.15) is 0 Å². The van der Waals surface area contributed by atoms with Gasteiger partial charge in [-0.25, -0.2) is 4.79 Å². The van der Waals surface area contributed by atoms with E-state index in [2.05, 4.69) is 79.0 Å². The highest BCUT2D eigenvalue weighted by Gasteiger charge is 2.25.